The lowest BCUT2D eigenvalue weighted by molar-refractivity contribution is -0.124. The van der Waals surface area contributed by atoms with Gasteiger partial charge >= 0.3 is 0 Å². The molecule has 10 heteroatoms. The molecule has 0 bridgehead atoms. The number of rotatable bonds is 8. The third kappa shape index (κ3) is 4.62. The van der Waals surface area contributed by atoms with Gasteiger partial charge in [0.2, 0.25) is 11.9 Å². The van der Waals surface area contributed by atoms with E-state index >= 15 is 0 Å². The van der Waals surface area contributed by atoms with Crippen LogP contribution in [0.15, 0.2) is 53.6 Å². The van der Waals surface area contributed by atoms with E-state index in [1.165, 1.54) is 21.5 Å². The van der Waals surface area contributed by atoms with Crippen LogP contribution >= 0.6 is 11.3 Å². The molecular weight excluding hydrogens is 450 g/mol. The van der Waals surface area contributed by atoms with Gasteiger partial charge in [-0.1, -0.05) is 30.3 Å². The van der Waals surface area contributed by atoms with Crippen molar-refractivity contribution in [1.82, 2.24) is 24.8 Å². The average Bonchev–Trinajstić information content (AvgIpc) is 3.46. The number of benzene rings is 1. The molecule has 4 N–H and O–H groups in total. The van der Waals surface area contributed by atoms with Gasteiger partial charge in [0, 0.05) is 29.4 Å². The van der Waals surface area contributed by atoms with Gasteiger partial charge in [-0.3, -0.25) is 14.2 Å². The van der Waals surface area contributed by atoms with Crippen LogP contribution in [0.25, 0.3) is 10.2 Å². The molecule has 174 valence electrons. The molecular formula is C24H25N7O2S. The molecule has 0 saturated heterocycles. The van der Waals surface area contributed by atoms with Gasteiger partial charge in [-0.05, 0) is 30.9 Å². The van der Waals surface area contributed by atoms with Gasteiger partial charge in [0.05, 0.1) is 12.7 Å². The summed E-state index contributed by atoms with van der Waals surface area (Å²) in [5.41, 5.74) is 7.14. The predicted molar refractivity (Wildman–Crippen MR) is 133 cm³/mol. The van der Waals surface area contributed by atoms with E-state index < -0.39 is 6.04 Å². The largest absolute Gasteiger partial charge is 0.379 e. The van der Waals surface area contributed by atoms with Crippen molar-refractivity contribution in [2.45, 2.75) is 38.3 Å². The normalized spacial score (nSPS) is 14.8. The number of nitrogen functional groups attached to an aromatic ring is 1. The number of carbonyl (C=O) groups excluding carboxylic acids is 1. The van der Waals surface area contributed by atoms with E-state index in [9.17, 15) is 9.59 Å². The molecule has 1 amide bonds. The summed E-state index contributed by atoms with van der Waals surface area (Å²) < 4.78 is 1.53. The van der Waals surface area contributed by atoms with Crippen molar-refractivity contribution in [2.75, 3.05) is 17.6 Å². The Hall–Kier alpha value is -3.79. The number of thiophene rings is 1. The molecule has 0 saturated carbocycles. The number of nitrogens with one attached hydrogen (secondary N) is 2. The van der Waals surface area contributed by atoms with Crippen LogP contribution in [0.3, 0.4) is 0 Å². The van der Waals surface area contributed by atoms with Crippen LogP contribution in [0.4, 0.5) is 11.6 Å². The second-order valence-corrected chi connectivity index (χ2v) is 9.37. The smallest absolute Gasteiger partial charge is 0.277 e. The van der Waals surface area contributed by atoms with Gasteiger partial charge in [-0.2, -0.15) is 0 Å². The molecule has 34 heavy (non-hydrogen) atoms. The molecule has 4 aromatic rings. The first-order valence-electron chi connectivity index (χ1n) is 11.3. The highest BCUT2D eigenvalue weighted by molar-refractivity contribution is 7.18. The zero-order valence-corrected chi connectivity index (χ0v) is 19.3. The highest BCUT2D eigenvalue weighted by Crippen LogP contribution is 2.25. The fourth-order valence-electron chi connectivity index (χ4n) is 4.21. The molecule has 9 nitrogen and oxygen atoms in total. The average molecular weight is 476 g/mol. The van der Waals surface area contributed by atoms with E-state index in [1.54, 1.807) is 12.4 Å². The van der Waals surface area contributed by atoms with Crippen molar-refractivity contribution in [3.8, 4) is 0 Å². The fraction of sp³-hybridized carbons (Fsp3) is 0.292. The van der Waals surface area contributed by atoms with Gasteiger partial charge in [-0.25, -0.2) is 15.0 Å². The van der Waals surface area contributed by atoms with Gasteiger partial charge in [0.1, 0.15) is 22.4 Å². The van der Waals surface area contributed by atoms with Gasteiger partial charge in [0.15, 0.2) is 0 Å². The molecule has 0 radical (unpaired) electrons. The first-order chi connectivity index (χ1) is 16.6. The highest BCUT2D eigenvalue weighted by Gasteiger charge is 2.31. The molecule has 1 aliphatic heterocycles. The lowest BCUT2D eigenvalue weighted by atomic mass is 10.1. The molecule has 5 rings (SSSR count). The Morgan fingerprint density at radius 3 is 2.91 bits per heavy atom. The summed E-state index contributed by atoms with van der Waals surface area (Å²) in [5, 5.41) is 7.05. The van der Waals surface area contributed by atoms with Crippen LogP contribution in [-0.4, -0.2) is 32.0 Å². The second kappa shape index (κ2) is 9.60. The van der Waals surface area contributed by atoms with Crippen molar-refractivity contribution < 1.29 is 4.79 Å². The number of anilines is 2. The zero-order valence-electron chi connectivity index (χ0n) is 18.5. The number of aromatic nitrogens is 4. The lowest BCUT2D eigenvalue weighted by Gasteiger charge is -2.15. The second-order valence-electron chi connectivity index (χ2n) is 8.25. The highest BCUT2D eigenvalue weighted by atomic mass is 32.1. The molecule has 1 aliphatic rings. The summed E-state index contributed by atoms with van der Waals surface area (Å²) in [4.78, 5) is 40.5. The quantitative estimate of drug-likeness (QED) is 0.334. The summed E-state index contributed by atoms with van der Waals surface area (Å²) in [6.45, 7) is 1.01. The van der Waals surface area contributed by atoms with Crippen molar-refractivity contribution in [2.24, 2.45) is 0 Å². The van der Waals surface area contributed by atoms with Gasteiger partial charge in [0.25, 0.3) is 5.56 Å². The number of nitrogens with two attached hydrogens (primary N) is 1. The minimum Gasteiger partial charge on any atom is -0.379 e. The van der Waals surface area contributed by atoms with Crippen LogP contribution in [0.2, 0.25) is 0 Å². The van der Waals surface area contributed by atoms with Gasteiger partial charge in [-0.15, -0.1) is 11.3 Å². The SMILES string of the molecule is Nc1ncc2cc(CNC(=O)[C@@H]3CCc4ncc(NCCCc5ccccc5)c(=O)n43)sc2n1. The Bertz CT molecular complexity index is 1380. The molecule has 1 aromatic carbocycles. The van der Waals surface area contributed by atoms with Crippen molar-refractivity contribution in [1.29, 1.82) is 0 Å². The first kappa shape index (κ1) is 22.0. The van der Waals surface area contributed by atoms with E-state index in [4.69, 9.17) is 5.73 Å². The number of hydrogen-bond acceptors (Lipinski definition) is 8. The number of amides is 1. The maximum Gasteiger partial charge on any atom is 0.277 e. The van der Waals surface area contributed by atoms with Gasteiger partial charge < -0.3 is 16.4 Å². The minimum absolute atomic E-state index is 0.188. The molecule has 0 unspecified atom stereocenters. The summed E-state index contributed by atoms with van der Waals surface area (Å²) in [6.07, 6.45) is 6.22. The Kier molecular flexibility index (Phi) is 6.22. The maximum atomic E-state index is 13.1. The Labute approximate surface area is 200 Å². The standard InChI is InChI=1S/C24H25N7O2S/c25-24-29-12-16-11-17(34-22(16)30-24)13-28-21(32)19-8-9-20-27-14-18(23(33)31(19)20)26-10-4-7-15-5-2-1-3-6-15/h1-3,5-6,11-12,14,19,26H,4,7-10,13H2,(H,28,32)(H2,25,29,30)/t19-/m0/s1. The molecule has 1 atom stereocenters. The monoisotopic (exact) mass is 475 g/mol. The van der Waals surface area contributed by atoms with Crippen LogP contribution in [0.5, 0.6) is 0 Å². The minimum atomic E-state index is -0.564. The Morgan fingerprint density at radius 1 is 1.21 bits per heavy atom. The zero-order chi connectivity index (χ0) is 23.5. The van der Waals surface area contributed by atoms with E-state index in [0.29, 0.717) is 37.4 Å². The van der Waals surface area contributed by atoms with Crippen molar-refractivity contribution >= 4 is 39.1 Å². The Balaban J connectivity index is 1.22. The number of fused-ring (bicyclic) bond motifs is 2. The summed E-state index contributed by atoms with van der Waals surface area (Å²) in [5.74, 6) is 0.684. The summed E-state index contributed by atoms with van der Waals surface area (Å²) >= 11 is 1.46. The lowest BCUT2D eigenvalue weighted by Crippen LogP contribution is -2.36. The number of hydrogen-bond donors (Lipinski definition) is 3. The topological polar surface area (TPSA) is 128 Å². The third-order valence-corrected chi connectivity index (χ3v) is 6.95. The number of aryl methyl sites for hydroxylation is 2. The first-order valence-corrected chi connectivity index (χ1v) is 12.1. The summed E-state index contributed by atoms with van der Waals surface area (Å²) in [6, 6.07) is 11.6. The van der Waals surface area contributed by atoms with Crippen molar-refractivity contribution in [3.63, 3.8) is 0 Å². The molecule has 0 aliphatic carbocycles. The number of nitrogens with zero attached hydrogens (tertiary/aromatic N) is 4. The van der Waals surface area contributed by atoms with E-state index in [1.807, 2.05) is 24.3 Å². The molecule has 0 spiro atoms. The van der Waals surface area contributed by atoms with Crippen LogP contribution in [-0.2, 0) is 24.2 Å². The fourth-order valence-corrected chi connectivity index (χ4v) is 5.16. The predicted octanol–water partition coefficient (Wildman–Crippen LogP) is 2.68. The van der Waals surface area contributed by atoms with Crippen LogP contribution < -0.4 is 21.9 Å². The Morgan fingerprint density at radius 2 is 2.06 bits per heavy atom. The van der Waals surface area contributed by atoms with E-state index in [2.05, 4.69) is 37.7 Å². The van der Waals surface area contributed by atoms with E-state index in [-0.39, 0.29) is 17.4 Å². The van der Waals surface area contributed by atoms with E-state index in [0.717, 1.165) is 27.9 Å². The van der Waals surface area contributed by atoms with Crippen LogP contribution in [0.1, 0.15) is 35.1 Å². The molecule has 3 aromatic heterocycles. The maximum absolute atomic E-state index is 13.1. The molecule has 4 heterocycles. The third-order valence-electron chi connectivity index (χ3n) is 5.91. The number of carbonyl (C=O) groups is 1. The molecule has 0 fully saturated rings. The van der Waals surface area contributed by atoms with Crippen molar-refractivity contribution in [3.05, 3.63) is 75.4 Å². The summed E-state index contributed by atoms with van der Waals surface area (Å²) in [7, 11) is 0. The van der Waals surface area contributed by atoms with Crippen LogP contribution in [0, 0.1) is 0 Å².